The molecule has 1 aromatic carbocycles. The summed E-state index contributed by atoms with van der Waals surface area (Å²) in [5, 5.41) is 2.67. The minimum absolute atomic E-state index is 0.0898. The van der Waals surface area contributed by atoms with Crippen LogP contribution in [0.15, 0.2) is 23.1 Å². The van der Waals surface area contributed by atoms with Crippen LogP contribution in [0.3, 0.4) is 0 Å². The zero-order chi connectivity index (χ0) is 12.8. The molecule has 0 aliphatic carbocycles. The predicted molar refractivity (Wildman–Crippen MR) is 63.7 cm³/mol. The number of nitrogens with one attached hydrogen (secondary N) is 1. The number of hydrogen-bond acceptors (Lipinski definition) is 3. The lowest BCUT2D eigenvalue weighted by molar-refractivity contribution is -0.119. The molecule has 3 nitrogen and oxygen atoms in total. The lowest BCUT2D eigenvalue weighted by atomic mass is 10.3. The van der Waals surface area contributed by atoms with Gasteiger partial charge in [0.15, 0.2) is 11.6 Å². The number of amides is 1. The topological polar surface area (TPSA) is 55.1 Å². The molecule has 1 rings (SSSR count). The van der Waals surface area contributed by atoms with E-state index in [0.29, 0.717) is 11.4 Å². The summed E-state index contributed by atoms with van der Waals surface area (Å²) >= 11 is 1.14. The van der Waals surface area contributed by atoms with Crippen molar-refractivity contribution < 1.29 is 13.6 Å². The summed E-state index contributed by atoms with van der Waals surface area (Å²) in [7, 11) is 0. The normalized spacial score (nSPS) is 12.2. The van der Waals surface area contributed by atoms with Gasteiger partial charge in [-0.05, 0) is 25.1 Å². The second kappa shape index (κ2) is 6.56. The van der Waals surface area contributed by atoms with Gasteiger partial charge in [0.2, 0.25) is 5.91 Å². The minimum atomic E-state index is -0.911. The van der Waals surface area contributed by atoms with E-state index < -0.39 is 11.6 Å². The van der Waals surface area contributed by atoms with Crippen molar-refractivity contribution >= 4 is 17.7 Å². The minimum Gasteiger partial charge on any atom is -0.352 e. The molecule has 0 saturated heterocycles. The lowest BCUT2D eigenvalue weighted by Crippen LogP contribution is -2.38. The number of hydrogen-bond donors (Lipinski definition) is 2. The highest BCUT2D eigenvalue weighted by molar-refractivity contribution is 8.00. The predicted octanol–water partition coefficient (Wildman–Crippen LogP) is 1.52. The molecule has 0 aliphatic heterocycles. The summed E-state index contributed by atoms with van der Waals surface area (Å²) in [5.41, 5.74) is 5.35. The Kier molecular flexibility index (Phi) is 5.37. The van der Waals surface area contributed by atoms with Gasteiger partial charge in [-0.2, -0.15) is 0 Å². The van der Waals surface area contributed by atoms with Gasteiger partial charge >= 0.3 is 0 Å². The van der Waals surface area contributed by atoms with Gasteiger partial charge in [0.1, 0.15) is 0 Å². The first kappa shape index (κ1) is 13.9. The third kappa shape index (κ3) is 4.70. The molecule has 0 aliphatic rings. The van der Waals surface area contributed by atoms with Crippen LogP contribution >= 0.6 is 11.8 Å². The fourth-order valence-corrected chi connectivity index (χ4v) is 1.82. The SMILES string of the molecule is C[C@@H](CN)NC(=O)CSc1ccc(F)c(F)c1. The first-order valence-corrected chi connectivity index (χ1v) is 6.08. The molecule has 1 aromatic rings. The Balaban J connectivity index is 2.45. The Morgan fingerprint density at radius 1 is 1.47 bits per heavy atom. The van der Waals surface area contributed by atoms with E-state index in [0.717, 1.165) is 23.9 Å². The second-order valence-corrected chi connectivity index (χ2v) is 4.62. The van der Waals surface area contributed by atoms with Gasteiger partial charge in [0.25, 0.3) is 0 Å². The number of thioether (sulfide) groups is 1. The highest BCUT2D eigenvalue weighted by Gasteiger charge is 2.08. The molecule has 3 N–H and O–H groups in total. The lowest BCUT2D eigenvalue weighted by Gasteiger charge is -2.10. The van der Waals surface area contributed by atoms with Crippen LogP contribution in [0.5, 0.6) is 0 Å². The van der Waals surface area contributed by atoms with Crippen LogP contribution < -0.4 is 11.1 Å². The first-order valence-electron chi connectivity index (χ1n) is 5.10. The van der Waals surface area contributed by atoms with Gasteiger partial charge in [-0.15, -0.1) is 11.8 Å². The fraction of sp³-hybridized carbons (Fsp3) is 0.364. The number of halogens is 2. The van der Waals surface area contributed by atoms with Crippen molar-refractivity contribution in [2.24, 2.45) is 5.73 Å². The maximum atomic E-state index is 12.9. The molecule has 0 saturated carbocycles. The molecule has 0 unspecified atom stereocenters. The molecule has 0 bridgehead atoms. The fourth-order valence-electron chi connectivity index (χ4n) is 1.09. The number of rotatable bonds is 5. The Morgan fingerprint density at radius 2 is 2.18 bits per heavy atom. The van der Waals surface area contributed by atoms with Crippen LogP contribution in [0.2, 0.25) is 0 Å². The Bertz CT molecular complexity index is 401. The summed E-state index contributed by atoms with van der Waals surface area (Å²) in [4.78, 5) is 11.9. The van der Waals surface area contributed by atoms with Crippen molar-refractivity contribution in [1.29, 1.82) is 0 Å². The Hall–Kier alpha value is -1.14. The standard InChI is InChI=1S/C11H14F2N2OS/c1-7(5-14)15-11(16)6-17-8-2-3-9(12)10(13)4-8/h2-4,7H,5-6,14H2,1H3,(H,15,16)/t7-/m0/s1. The Labute approximate surface area is 103 Å². The molecule has 17 heavy (non-hydrogen) atoms. The largest absolute Gasteiger partial charge is 0.352 e. The highest BCUT2D eigenvalue weighted by atomic mass is 32.2. The van der Waals surface area contributed by atoms with Gasteiger partial charge < -0.3 is 11.1 Å². The van der Waals surface area contributed by atoms with Crippen LogP contribution in [-0.4, -0.2) is 24.2 Å². The molecule has 6 heteroatoms. The summed E-state index contributed by atoms with van der Waals surface area (Å²) in [5.74, 6) is -1.84. The van der Waals surface area contributed by atoms with Crippen LogP contribution in [-0.2, 0) is 4.79 Å². The van der Waals surface area contributed by atoms with E-state index in [1.807, 2.05) is 0 Å². The van der Waals surface area contributed by atoms with Crippen molar-refractivity contribution in [1.82, 2.24) is 5.32 Å². The zero-order valence-corrected chi connectivity index (χ0v) is 10.2. The maximum Gasteiger partial charge on any atom is 0.230 e. The average molecular weight is 260 g/mol. The van der Waals surface area contributed by atoms with Crippen LogP contribution in [0.25, 0.3) is 0 Å². The van der Waals surface area contributed by atoms with Gasteiger partial charge in [0.05, 0.1) is 5.75 Å². The van der Waals surface area contributed by atoms with E-state index in [-0.39, 0.29) is 17.7 Å². The van der Waals surface area contributed by atoms with Gasteiger partial charge in [-0.25, -0.2) is 8.78 Å². The quantitative estimate of drug-likeness (QED) is 0.789. The maximum absolute atomic E-state index is 12.9. The van der Waals surface area contributed by atoms with Crippen molar-refractivity contribution in [2.45, 2.75) is 17.9 Å². The third-order valence-electron chi connectivity index (χ3n) is 2.02. The molecular weight excluding hydrogens is 246 g/mol. The van der Waals surface area contributed by atoms with Crippen molar-refractivity contribution in [2.75, 3.05) is 12.3 Å². The van der Waals surface area contributed by atoms with E-state index in [9.17, 15) is 13.6 Å². The van der Waals surface area contributed by atoms with Gasteiger partial charge in [0, 0.05) is 17.5 Å². The summed E-state index contributed by atoms with van der Waals surface area (Å²) in [6.07, 6.45) is 0. The Morgan fingerprint density at radius 3 is 2.76 bits per heavy atom. The van der Waals surface area contributed by atoms with E-state index in [1.54, 1.807) is 6.92 Å². The van der Waals surface area contributed by atoms with E-state index in [2.05, 4.69) is 5.32 Å². The first-order chi connectivity index (χ1) is 8.02. The third-order valence-corrected chi connectivity index (χ3v) is 3.02. The second-order valence-electron chi connectivity index (χ2n) is 3.57. The molecule has 0 radical (unpaired) electrons. The molecule has 1 amide bonds. The van der Waals surface area contributed by atoms with Gasteiger partial charge in [-0.3, -0.25) is 4.79 Å². The van der Waals surface area contributed by atoms with Crippen molar-refractivity contribution in [3.63, 3.8) is 0 Å². The molecule has 0 heterocycles. The van der Waals surface area contributed by atoms with E-state index >= 15 is 0 Å². The van der Waals surface area contributed by atoms with Crippen LogP contribution in [0.1, 0.15) is 6.92 Å². The van der Waals surface area contributed by atoms with Crippen LogP contribution in [0, 0.1) is 11.6 Å². The summed E-state index contributed by atoms with van der Waals surface area (Å²) < 4.78 is 25.5. The molecule has 1 atom stereocenters. The smallest absolute Gasteiger partial charge is 0.230 e. The molecular formula is C11H14F2N2OS. The molecule has 0 aromatic heterocycles. The van der Waals surface area contributed by atoms with Crippen molar-refractivity contribution in [3.05, 3.63) is 29.8 Å². The molecule has 0 spiro atoms. The number of carbonyl (C=O) groups is 1. The number of nitrogens with two attached hydrogens (primary N) is 1. The zero-order valence-electron chi connectivity index (χ0n) is 9.37. The molecule has 0 fully saturated rings. The number of benzene rings is 1. The highest BCUT2D eigenvalue weighted by Crippen LogP contribution is 2.19. The van der Waals surface area contributed by atoms with Gasteiger partial charge in [-0.1, -0.05) is 0 Å². The monoisotopic (exact) mass is 260 g/mol. The summed E-state index contributed by atoms with van der Waals surface area (Å²) in [6.45, 7) is 2.15. The van der Waals surface area contributed by atoms with E-state index in [4.69, 9.17) is 5.73 Å². The molecule has 94 valence electrons. The average Bonchev–Trinajstić information content (AvgIpc) is 2.30. The number of carbonyl (C=O) groups excluding carboxylic acids is 1. The summed E-state index contributed by atoms with van der Waals surface area (Å²) in [6, 6.07) is 3.45. The van der Waals surface area contributed by atoms with Crippen LogP contribution in [0.4, 0.5) is 8.78 Å². The van der Waals surface area contributed by atoms with E-state index in [1.165, 1.54) is 6.07 Å². The van der Waals surface area contributed by atoms with Crippen molar-refractivity contribution in [3.8, 4) is 0 Å².